The summed E-state index contributed by atoms with van der Waals surface area (Å²) in [5.41, 5.74) is 6.92. The topological polar surface area (TPSA) is 28.7 Å². The molecule has 0 bridgehead atoms. The quantitative estimate of drug-likeness (QED) is 0.513. The van der Waals surface area contributed by atoms with Crippen LogP contribution in [-0.2, 0) is 6.42 Å². The Balaban J connectivity index is 1.84. The minimum Gasteiger partial charge on any atom is -0.339 e. The Kier molecular flexibility index (Phi) is 3.35. The van der Waals surface area contributed by atoms with Gasteiger partial charge in [0.2, 0.25) is 0 Å². The zero-order chi connectivity index (χ0) is 16.0. The molecule has 0 aliphatic heterocycles. The molecule has 2 nitrogen and oxygen atoms in total. The van der Waals surface area contributed by atoms with Crippen LogP contribution >= 0.6 is 11.6 Å². The number of aryl methyl sites for hydroxylation is 2. The fourth-order valence-electron chi connectivity index (χ4n) is 3.07. The number of rotatable bonds is 2. The molecule has 0 atom stereocenters. The van der Waals surface area contributed by atoms with Crippen LogP contribution in [0, 0.1) is 13.8 Å². The molecule has 0 aliphatic rings. The van der Waals surface area contributed by atoms with Crippen molar-refractivity contribution in [2.24, 2.45) is 0 Å². The number of hydrogen-bond acceptors (Lipinski definition) is 1. The first kappa shape index (κ1) is 14.3. The van der Waals surface area contributed by atoms with Gasteiger partial charge >= 0.3 is 0 Å². The standard InChI is InChI=1S/C20H17ClN2/c1-12-3-8-17-18-11-15(10-14-4-6-16(21)7-5-14)13(2)22-20(18)23-19(17)9-12/h3-9,11H,10H2,1-2H3,(H,22,23). The van der Waals surface area contributed by atoms with E-state index in [4.69, 9.17) is 16.6 Å². The molecule has 4 rings (SSSR count). The van der Waals surface area contributed by atoms with E-state index in [9.17, 15) is 0 Å². The maximum absolute atomic E-state index is 5.97. The van der Waals surface area contributed by atoms with Gasteiger partial charge in [-0.2, -0.15) is 0 Å². The summed E-state index contributed by atoms with van der Waals surface area (Å²) in [7, 11) is 0. The summed E-state index contributed by atoms with van der Waals surface area (Å²) in [5, 5.41) is 3.19. The number of fused-ring (bicyclic) bond motifs is 3. The monoisotopic (exact) mass is 320 g/mol. The van der Waals surface area contributed by atoms with E-state index in [2.05, 4.69) is 55.2 Å². The Morgan fingerprint density at radius 1 is 0.957 bits per heavy atom. The highest BCUT2D eigenvalue weighted by Crippen LogP contribution is 2.27. The van der Waals surface area contributed by atoms with Crippen LogP contribution in [0.15, 0.2) is 48.5 Å². The molecule has 2 heterocycles. The zero-order valence-corrected chi connectivity index (χ0v) is 13.9. The lowest BCUT2D eigenvalue weighted by Crippen LogP contribution is -1.95. The van der Waals surface area contributed by atoms with Crippen LogP contribution in [0.3, 0.4) is 0 Å². The Morgan fingerprint density at radius 2 is 1.74 bits per heavy atom. The zero-order valence-electron chi connectivity index (χ0n) is 13.2. The molecule has 0 spiro atoms. The van der Waals surface area contributed by atoms with Gasteiger partial charge in [0.05, 0.1) is 0 Å². The first-order valence-corrected chi connectivity index (χ1v) is 8.11. The van der Waals surface area contributed by atoms with Gasteiger partial charge in [-0.1, -0.05) is 35.9 Å². The number of nitrogens with one attached hydrogen (secondary N) is 1. The normalized spacial score (nSPS) is 11.4. The number of nitrogens with zero attached hydrogens (tertiary/aromatic N) is 1. The Bertz CT molecular complexity index is 1010. The van der Waals surface area contributed by atoms with E-state index in [1.165, 1.54) is 27.5 Å². The fraction of sp³-hybridized carbons (Fsp3) is 0.150. The fourth-order valence-corrected chi connectivity index (χ4v) is 3.20. The van der Waals surface area contributed by atoms with Crippen molar-refractivity contribution in [2.45, 2.75) is 20.3 Å². The smallest absolute Gasteiger partial charge is 0.138 e. The molecule has 0 fully saturated rings. The predicted molar refractivity (Wildman–Crippen MR) is 97.3 cm³/mol. The van der Waals surface area contributed by atoms with Gasteiger partial charge in [-0.25, -0.2) is 4.98 Å². The number of aromatic nitrogens is 2. The van der Waals surface area contributed by atoms with Gasteiger partial charge < -0.3 is 4.98 Å². The average molecular weight is 321 g/mol. The average Bonchev–Trinajstić information content (AvgIpc) is 2.86. The van der Waals surface area contributed by atoms with Gasteiger partial charge in [-0.05, 0) is 61.2 Å². The number of H-pyrrole nitrogens is 1. The summed E-state index contributed by atoms with van der Waals surface area (Å²) in [4.78, 5) is 8.20. The summed E-state index contributed by atoms with van der Waals surface area (Å²) >= 11 is 5.97. The Morgan fingerprint density at radius 3 is 2.52 bits per heavy atom. The number of benzene rings is 2. The van der Waals surface area contributed by atoms with Crippen molar-refractivity contribution in [3.8, 4) is 0 Å². The van der Waals surface area contributed by atoms with Crippen molar-refractivity contribution in [2.75, 3.05) is 0 Å². The molecule has 4 aromatic rings. The summed E-state index contributed by atoms with van der Waals surface area (Å²) in [6.45, 7) is 4.18. The third kappa shape index (κ3) is 2.60. The third-order valence-corrected chi connectivity index (χ3v) is 4.60. The van der Waals surface area contributed by atoms with Crippen LogP contribution in [0.4, 0.5) is 0 Å². The highest BCUT2D eigenvalue weighted by atomic mass is 35.5. The minimum atomic E-state index is 0.769. The van der Waals surface area contributed by atoms with Gasteiger partial charge in [0.25, 0.3) is 0 Å². The molecule has 0 saturated heterocycles. The van der Waals surface area contributed by atoms with Crippen LogP contribution in [0.5, 0.6) is 0 Å². The minimum absolute atomic E-state index is 0.769. The molecule has 1 N–H and O–H groups in total. The maximum Gasteiger partial charge on any atom is 0.138 e. The van der Waals surface area contributed by atoms with Crippen molar-refractivity contribution in [3.63, 3.8) is 0 Å². The molecule has 0 unspecified atom stereocenters. The first-order valence-electron chi connectivity index (χ1n) is 7.73. The molecule has 114 valence electrons. The largest absolute Gasteiger partial charge is 0.339 e. The van der Waals surface area contributed by atoms with Crippen molar-refractivity contribution in [3.05, 3.63) is 75.9 Å². The third-order valence-electron chi connectivity index (χ3n) is 4.34. The van der Waals surface area contributed by atoms with E-state index in [1.807, 2.05) is 12.1 Å². The van der Waals surface area contributed by atoms with Crippen LogP contribution in [0.2, 0.25) is 5.02 Å². The Hall–Kier alpha value is -2.32. The van der Waals surface area contributed by atoms with E-state index in [-0.39, 0.29) is 0 Å². The summed E-state index contributed by atoms with van der Waals surface area (Å²) in [5.74, 6) is 0. The molecule has 2 aromatic heterocycles. The van der Waals surface area contributed by atoms with Crippen LogP contribution in [0.25, 0.3) is 21.9 Å². The maximum atomic E-state index is 5.97. The van der Waals surface area contributed by atoms with Crippen LogP contribution < -0.4 is 0 Å². The molecule has 2 aromatic carbocycles. The van der Waals surface area contributed by atoms with Crippen molar-refractivity contribution in [1.82, 2.24) is 9.97 Å². The molecule has 0 radical (unpaired) electrons. The van der Waals surface area contributed by atoms with Crippen LogP contribution in [-0.4, -0.2) is 9.97 Å². The molecular formula is C20H17ClN2. The van der Waals surface area contributed by atoms with Crippen molar-refractivity contribution < 1.29 is 0 Å². The molecular weight excluding hydrogens is 304 g/mol. The van der Waals surface area contributed by atoms with E-state index < -0.39 is 0 Å². The van der Waals surface area contributed by atoms with Gasteiger partial charge in [-0.15, -0.1) is 0 Å². The lowest BCUT2D eigenvalue weighted by molar-refractivity contribution is 1.10. The molecule has 0 amide bonds. The summed E-state index contributed by atoms with van der Waals surface area (Å²) in [6, 6.07) is 16.8. The second-order valence-electron chi connectivity index (χ2n) is 6.11. The predicted octanol–water partition coefficient (Wildman–Crippen LogP) is 5.58. The second-order valence-corrected chi connectivity index (χ2v) is 6.54. The van der Waals surface area contributed by atoms with Crippen molar-refractivity contribution >= 4 is 33.5 Å². The number of aromatic amines is 1. The number of pyridine rings is 1. The second kappa shape index (κ2) is 5.39. The number of hydrogen-bond donors (Lipinski definition) is 1. The van der Waals surface area contributed by atoms with E-state index in [0.717, 1.165) is 28.3 Å². The Labute approximate surface area is 140 Å². The molecule has 0 aliphatic carbocycles. The van der Waals surface area contributed by atoms with Crippen molar-refractivity contribution in [1.29, 1.82) is 0 Å². The summed E-state index contributed by atoms with van der Waals surface area (Å²) in [6.07, 6.45) is 0.866. The number of halogens is 1. The van der Waals surface area contributed by atoms with E-state index in [0.29, 0.717) is 0 Å². The van der Waals surface area contributed by atoms with Gasteiger partial charge in [-0.3, -0.25) is 0 Å². The molecule has 3 heteroatoms. The highest BCUT2D eigenvalue weighted by molar-refractivity contribution is 6.30. The van der Waals surface area contributed by atoms with Gasteiger partial charge in [0.1, 0.15) is 5.65 Å². The van der Waals surface area contributed by atoms with Gasteiger partial charge in [0, 0.05) is 27.0 Å². The molecule has 0 saturated carbocycles. The SMILES string of the molecule is Cc1ccc2c(c1)[nH]c1nc(C)c(Cc3ccc(Cl)cc3)cc12. The molecule has 23 heavy (non-hydrogen) atoms. The lowest BCUT2D eigenvalue weighted by atomic mass is 10.0. The van der Waals surface area contributed by atoms with Gasteiger partial charge in [0.15, 0.2) is 0 Å². The van der Waals surface area contributed by atoms with E-state index in [1.54, 1.807) is 0 Å². The first-order chi connectivity index (χ1) is 11.1. The summed E-state index contributed by atoms with van der Waals surface area (Å²) < 4.78 is 0. The van der Waals surface area contributed by atoms with Crippen LogP contribution in [0.1, 0.15) is 22.4 Å². The van der Waals surface area contributed by atoms with E-state index >= 15 is 0 Å². The lowest BCUT2D eigenvalue weighted by Gasteiger charge is -2.06. The highest BCUT2D eigenvalue weighted by Gasteiger charge is 2.10.